The number of carbonyl (C=O) groups excluding carboxylic acids is 2. The van der Waals surface area contributed by atoms with Gasteiger partial charge >= 0.3 is 5.97 Å². The summed E-state index contributed by atoms with van der Waals surface area (Å²) in [7, 11) is -2.27. The molecular formula is C28H46O5Si. The molecule has 0 heterocycles. The monoisotopic (exact) mass is 490 g/mol. The summed E-state index contributed by atoms with van der Waals surface area (Å²) < 4.78 is 11.6. The van der Waals surface area contributed by atoms with Gasteiger partial charge < -0.3 is 14.3 Å². The molecule has 192 valence electrons. The molecule has 1 fully saturated rings. The summed E-state index contributed by atoms with van der Waals surface area (Å²) in [4.78, 5) is 25.7. The first-order chi connectivity index (χ1) is 15.5. The first kappa shape index (κ1) is 30.3. The highest BCUT2D eigenvalue weighted by Gasteiger charge is 2.61. The number of hydrogen-bond acceptors (Lipinski definition) is 5. The van der Waals surface area contributed by atoms with Crippen molar-refractivity contribution in [3.8, 4) is 11.8 Å². The maximum absolute atomic E-state index is 13.9. The highest BCUT2D eigenvalue weighted by molar-refractivity contribution is 6.74. The number of esters is 1. The third-order valence-electron chi connectivity index (χ3n) is 7.70. The van der Waals surface area contributed by atoms with Crippen LogP contribution in [-0.2, 0) is 18.8 Å². The molecule has 1 saturated carbocycles. The van der Waals surface area contributed by atoms with Crippen molar-refractivity contribution in [2.45, 2.75) is 98.6 Å². The Balaban J connectivity index is 3.55. The molecule has 0 amide bonds. The van der Waals surface area contributed by atoms with Gasteiger partial charge in [0.25, 0.3) is 0 Å². The van der Waals surface area contributed by atoms with E-state index in [0.717, 1.165) is 12.0 Å². The van der Waals surface area contributed by atoms with Crippen LogP contribution in [0.3, 0.4) is 0 Å². The Bertz CT molecular complexity index is 839. The fourth-order valence-electron chi connectivity index (χ4n) is 4.94. The van der Waals surface area contributed by atoms with E-state index < -0.39 is 37.8 Å². The molecule has 0 aromatic rings. The molecule has 5 atom stereocenters. The van der Waals surface area contributed by atoms with Crippen molar-refractivity contribution >= 4 is 20.1 Å². The summed E-state index contributed by atoms with van der Waals surface area (Å²) in [6.45, 7) is 24.8. The Morgan fingerprint density at radius 2 is 1.91 bits per heavy atom. The Morgan fingerprint density at radius 3 is 2.38 bits per heavy atom. The van der Waals surface area contributed by atoms with Gasteiger partial charge in [0.05, 0.1) is 12.5 Å². The molecule has 1 aliphatic rings. The zero-order valence-corrected chi connectivity index (χ0v) is 24.0. The second-order valence-electron chi connectivity index (χ2n) is 11.6. The molecule has 2 unspecified atom stereocenters. The molecule has 0 radical (unpaired) electrons. The van der Waals surface area contributed by atoms with Gasteiger partial charge in [0.1, 0.15) is 12.2 Å². The van der Waals surface area contributed by atoms with E-state index in [1.807, 2.05) is 13.0 Å². The van der Waals surface area contributed by atoms with E-state index >= 15 is 0 Å². The predicted octanol–water partition coefficient (Wildman–Crippen LogP) is 5.69. The molecule has 5 nitrogen and oxygen atoms in total. The number of Topliss-reactive ketones (excluding diaryl/α,β-unsaturated/α-hetero) is 1. The molecule has 6 heteroatoms. The van der Waals surface area contributed by atoms with Crippen LogP contribution in [0, 0.1) is 35.0 Å². The molecule has 0 aliphatic heterocycles. The number of ether oxygens (including phenoxy) is 1. The standard InChI is InChI=1S/C28H46O5Si/c1-12-14-20(5)17-18-28(9)23(19(3)4)26(33-34(10,11)27(6,7)8)25(31)24(28)21(29)15-16-22(30)32-13-2/h12,14,19,21,23-24,26,29H,1,13,17-18H2,2-11H3/b20-14+/t21?,23-,24?,26-,28+/m0/s1. The zero-order chi connectivity index (χ0) is 26.5. The SMILES string of the molecule is C=C/C=C(\C)CC[C@@]1(C)C(C(O)C#CC(=O)OCC)C(=O)[C@@H](O[Si](C)(C)C(C)(C)C)[C@@H]1C(C)C. The van der Waals surface area contributed by atoms with Crippen LogP contribution in [0.5, 0.6) is 0 Å². The maximum atomic E-state index is 13.9. The highest BCUT2D eigenvalue weighted by atomic mass is 28.4. The Morgan fingerprint density at radius 1 is 1.32 bits per heavy atom. The van der Waals surface area contributed by atoms with Crippen LogP contribution in [0.2, 0.25) is 18.1 Å². The van der Waals surface area contributed by atoms with Crippen molar-refractivity contribution in [3.63, 3.8) is 0 Å². The van der Waals surface area contributed by atoms with Gasteiger partial charge in [-0.2, -0.15) is 0 Å². The van der Waals surface area contributed by atoms with Crippen LogP contribution in [0.1, 0.15) is 68.2 Å². The number of hydrogen-bond donors (Lipinski definition) is 1. The summed E-state index contributed by atoms with van der Waals surface area (Å²) in [5.41, 5.74) is 0.600. The van der Waals surface area contributed by atoms with Gasteiger partial charge in [-0.25, -0.2) is 4.79 Å². The maximum Gasteiger partial charge on any atom is 0.384 e. The van der Waals surface area contributed by atoms with Crippen molar-refractivity contribution in [1.29, 1.82) is 0 Å². The normalized spacial score (nSPS) is 26.8. The molecule has 1 rings (SSSR count). The molecule has 1 N–H and O–H groups in total. The van der Waals surface area contributed by atoms with Crippen molar-refractivity contribution < 1.29 is 23.9 Å². The van der Waals surface area contributed by atoms with Crippen LogP contribution in [-0.4, -0.2) is 44.0 Å². The summed E-state index contributed by atoms with van der Waals surface area (Å²) >= 11 is 0. The van der Waals surface area contributed by atoms with Crippen LogP contribution < -0.4 is 0 Å². The third-order valence-corrected chi connectivity index (χ3v) is 12.2. The van der Waals surface area contributed by atoms with Crippen LogP contribution in [0.4, 0.5) is 0 Å². The van der Waals surface area contributed by atoms with Crippen molar-refractivity contribution in [2.75, 3.05) is 6.61 Å². The number of carbonyl (C=O) groups is 2. The second kappa shape index (κ2) is 11.8. The first-order valence-electron chi connectivity index (χ1n) is 12.4. The van der Waals surface area contributed by atoms with Gasteiger partial charge in [0, 0.05) is 5.92 Å². The molecule has 1 aliphatic carbocycles. The summed E-state index contributed by atoms with van der Waals surface area (Å²) in [6, 6.07) is 0. The number of rotatable bonds is 9. The molecular weight excluding hydrogens is 444 g/mol. The van der Waals surface area contributed by atoms with E-state index in [4.69, 9.17) is 9.16 Å². The van der Waals surface area contributed by atoms with Crippen LogP contribution in [0.15, 0.2) is 24.3 Å². The van der Waals surface area contributed by atoms with Gasteiger partial charge in [-0.1, -0.05) is 71.8 Å². The lowest BCUT2D eigenvalue weighted by Gasteiger charge is -2.43. The fraction of sp³-hybridized carbons (Fsp3) is 0.714. The molecule has 0 aromatic heterocycles. The van der Waals surface area contributed by atoms with Gasteiger partial charge in [0.15, 0.2) is 14.1 Å². The summed E-state index contributed by atoms with van der Waals surface area (Å²) in [6.07, 6.45) is 3.30. The van der Waals surface area contributed by atoms with Crippen LogP contribution >= 0.6 is 0 Å². The van der Waals surface area contributed by atoms with Gasteiger partial charge in [-0.15, -0.1) is 0 Å². The van der Waals surface area contributed by atoms with E-state index in [0.29, 0.717) is 6.42 Å². The van der Waals surface area contributed by atoms with Gasteiger partial charge in [-0.05, 0) is 62.1 Å². The zero-order valence-electron chi connectivity index (χ0n) is 23.0. The van der Waals surface area contributed by atoms with Crippen molar-refractivity contribution in [2.24, 2.45) is 23.2 Å². The summed E-state index contributed by atoms with van der Waals surface area (Å²) in [5.74, 6) is 3.48. The number of aliphatic hydroxyl groups is 1. The molecule has 0 bridgehead atoms. The topological polar surface area (TPSA) is 72.8 Å². The Labute approximate surface area is 208 Å². The Hall–Kier alpha value is -1.68. The second-order valence-corrected chi connectivity index (χ2v) is 16.4. The number of ketones is 1. The fourth-order valence-corrected chi connectivity index (χ4v) is 6.19. The quantitative estimate of drug-likeness (QED) is 0.148. The minimum atomic E-state index is -2.27. The minimum Gasteiger partial charge on any atom is -0.456 e. The Kier molecular flexibility index (Phi) is 10.6. The summed E-state index contributed by atoms with van der Waals surface area (Å²) in [5, 5.41) is 11.1. The van der Waals surface area contributed by atoms with Crippen molar-refractivity contribution in [3.05, 3.63) is 24.3 Å². The van der Waals surface area contributed by atoms with E-state index in [1.165, 1.54) is 0 Å². The average Bonchev–Trinajstić information content (AvgIpc) is 2.90. The molecule has 0 aromatic carbocycles. The largest absolute Gasteiger partial charge is 0.456 e. The minimum absolute atomic E-state index is 0.0606. The molecule has 0 spiro atoms. The van der Waals surface area contributed by atoms with Gasteiger partial charge in [-0.3, -0.25) is 4.79 Å². The van der Waals surface area contributed by atoms with E-state index in [2.05, 4.69) is 73.1 Å². The number of aliphatic hydroxyl groups excluding tert-OH is 1. The lowest BCUT2D eigenvalue weighted by Crippen LogP contribution is -2.48. The average molecular weight is 491 g/mol. The van der Waals surface area contributed by atoms with Crippen molar-refractivity contribution in [1.82, 2.24) is 0 Å². The van der Waals surface area contributed by atoms with Crippen LogP contribution in [0.25, 0.3) is 0 Å². The predicted molar refractivity (Wildman–Crippen MR) is 141 cm³/mol. The lowest BCUT2D eigenvalue weighted by atomic mass is 9.65. The first-order valence-corrected chi connectivity index (χ1v) is 15.3. The van der Waals surface area contributed by atoms with E-state index in [1.54, 1.807) is 13.0 Å². The number of allylic oxidation sites excluding steroid dienone is 3. The smallest absolute Gasteiger partial charge is 0.384 e. The third kappa shape index (κ3) is 6.93. The molecule has 34 heavy (non-hydrogen) atoms. The highest BCUT2D eigenvalue weighted by Crippen LogP contribution is 2.55. The lowest BCUT2D eigenvalue weighted by molar-refractivity contribution is -0.136. The van der Waals surface area contributed by atoms with E-state index in [-0.39, 0.29) is 29.3 Å². The van der Waals surface area contributed by atoms with E-state index in [9.17, 15) is 14.7 Å². The molecule has 0 saturated heterocycles. The van der Waals surface area contributed by atoms with Gasteiger partial charge in [0.2, 0.25) is 0 Å².